The van der Waals surface area contributed by atoms with E-state index >= 15 is 0 Å². The second kappa shape index (κ2) is 7.93. The van der Waals surface area contributed by atoms with Crippen LogP contribution in [0, 0.1) is 5.92 Å². The van der Waals surface area contributed by atoms with E-state index in [0.29, 0.717) is 12.0 Å². The Morgan fingerprint density at radius 2 is 2.17 bits per heavy atom. The van der Waals surface area contributed by atoms with Crippen molar-refractivity contribution in [2.45, 2.75) is 38.6 Å². The third-order valence-electron chi connectivity index (χ3n) is 4.80. The molecule has 1 aromatic rings. The zero-order valence-corrected chi connectivity index (χ0v) is 14.3. The molecule has 1 atom stereocenters. The van der Waals surface area contributed by atoms with Gasteiger partial charge in [0.1, 0.15) is 0 Å². The summed E-state index contributed by atoms with van der Waals surface area (Å²) in [7, 11) is 2.17. The van der Waals surface area contributed by atoms with Crippen LogP contribution in [0.2, 0.25) is 0 Å². The number of aromatic nitrogens is 2. The van der Waals surface area contributed by atoms with Crippen molar-refractivity contribution in [2.75, 3.05) is 45.2 Å². The van der Waals surface area contributed by atoms with Crippen LogP contribution in [0.15, 0.2) is 6.20 Å². The molecule has 23 heavy (non-hydrogen) atoms. The topological polar surface area (TPSA) is 62.3 Å². The lowest BCUT2D eigenvalue weighted by atomic mass is 10.1. The third kappa shape index (κ3) is 4.54. The summed E-state index contributed by atoms with van der Waals surface area (Å²) in [5.74, 6) is 2.21. The third-order valence-corrected chi connectivity index (χ3v) is 4.80. The predicted octanol–water partition coefficient (Wildman–Crippen LogP) is 1.53. The molecule has 1 aromatic heterocycles. The average molecular weight is 319 g/mol. The van der Waals surface area contributed by atoms with Crippen molar-refractivity contribution < 1.29 is 4.74 Å². The summed E-state index contributed by atoms with van der Waals surface area (Å²) in [6.07, 6.45) is 6.17. The van der Waals surface area contributed by atoms with Crippen molar-refractivity contribution in [2.24, 2.45) is 5.92 Å². The number of nitrogens with zero attached hydrogens (tertiary/aromatic N) is 3. The van der Waals surface area contributed by atoms with Gasteiger partial charge >= 0.3 is 0 Å². The standard InChI is InChI=1S/C17H29N5O/c1-3-15-16(23-12-13-6-9-22(2)11-13)10-19-17(21-15)20-14-4-7-18-8-5-14/h10,13-14,18H,3-9,11-12H2,1-2H3,(H,19,20,21). The maximum atomic E-state index is 6.02. The lowest BCUT2D eigenvalue weighted by Crippen LogP contribution is -2.35. The Hall–Kier alpha value is -1.40. The molecule has 0 bridgehead atoms. The molecule has 0 amide bonds. The van der Waals surface area contributed by atoms with Gasteiger partial charge in [0, 0.05) is 18.5 Å². The van der Waals surface area contributed by atoms with Gasteiger partial charge in [0.15, 0.2) is 5.75 Å². The first-order chi connectivity index (χ1) is 11.2. The molecule has 0 radical (unpaired) electrons. The molecule has 2 aliphatic heterocycles. The highest BCUT2D eigenvalue weighted by Crippen LogP contribution is 2.21. The Balaban J connectivity index is 1.57. The van der Waals surface area contributed by atoms with Crippen LogP contribution in [0.4, 0.5) is 5.95 Å². The van der Waals surface area contributed by atoms with E-state index in [1.165, 1.54) is 13.0 Å². The normalized spacial score (nSPS) is 23.1. The lowest BCUT2D eigenvalue weighted by Gasteiger charge is -2.24. The quantitative estimate of drug-likeness (QED) is 0.829. The van der Waals surface area contributed by atoms with Crippen molar-refractivity contribution >= 4 is 5.95 Å². The molecule has 2 aliphatic rings. The van der Waals surface area contributed by atoms with Gasteiger partial charge in [-0.1, -0.05) is 6.92 Å². The minimum atomic E-state index is 0.474. The van der Waals surface area contributed by atoms with Crippen molar-refractivity contribution in [3.05, 3.63) is 11.9 Å². The molecule has 1 unspecified atom stereocenters. The monoisotopic (exact) mass is 319 g/mol. The highest BCUT2D eigenvalue weighted by atomic mass is 16.5. The molecular weight excluding hydrogens is 290 g/mol. The first kappa shape index (κ1) is 16.5. The van der Waals surface area contributed by atoms with Gasteiger partial charge in [-0.15, -0.1) is 0 Å². The van der Waals surface area contributed by atoms with E-state index < -0.39 is 0 Å². The van der Waals surface area contributed by atoms with Crippen LogP contribution in [-0.4, -0.2) is 60.7 Å². The second-order valence-electron chi connectivity index (χ2n) is 6.75. The molecule has 0 aliphatic carbocycles. The van der Waals surface area contributed by atoms with Crippen molar-refractivity contribution in [3.63, 3.8) is 0 Å². The van der Waals surface area contributed by atoms with E-state index in [9.17, 15) is 0 Å². The van der Waals surface area contributed by atoms with Crippen LogP contribution in [0.25, 0.3) is 0 Å². The van der Waals surface area contributed by atoms with Crippen LogP contribution < -0.4 is 15.4 Å². The van der Waals surface area contributed by atoms with Crippen molar-refractivity contribution in [3.8, 4) is 5.75 Å². The van der Waals surface area contributed by atoms with Crippen LogP contribution in [0.5, 0.6) is 5.75 Å². The average Bonchev–Trinajstić information content (AvgIpc) is 3.00. The summed E-state index contributed by atoms with van der Waals surface area (Å²) < 4.78 is 6.02. The fourth-order valence-corrected chi connectivity index (χ4v) is 3.37. The number of likely N-dealkylation sites (tertiary alicyclic amines) is 1. The Morgan fingerprint density at radius 3 is 2.87 bits per heavy atom. The molecule has 6 nitrogen and oxygen atoms in total. The number of anilines is 1. The maximum Gasteiger partial charge on any atom is 0.223 e. The fourth-order valence-electron chi connectivity index (χ4n) is 3.37. The molecule has 0 saturated carbocycles. The van der Waals surface area contributed by atoms with Crippen LogP contribution in [-0.2, 0) is 6.42 Å². The Kier molecular flexibility index (Phi) is 5.67. The summed E-state index contributed by atoms with van der Waals surface area (Å²) in [6, 6.07) is 0.474. The fraction of sp³-hybridized carbons (Fsp3) is 0.765. The van der Waals surface area contributed by atoms with E-state index in [-0.39, 0.29) is 0 Å². The molecule has 6 heteroatoms. The van der Waals surface area contributed by atoms with Gasteiger partial charge in [0.05, 0.1) is 18.5 Å². The molecule has 2 fully saturated rings. The van der Waals surface area contributed by atoms with E-state index in [1.54, 1.807) is 0 Å². The predicted molar refractivity (Wildman–Crippen MR) is 92.0 cm³/mol. The zero-order chi connectivity index (χ0) is 16.1. The molecule has 2 saturated heterocycles. The first-order valence-electron chi connectivity index (χ1n) is 8.89. The number of nitrogens with one attached hydrogen (secondary N) is 2. The molecule has 0 spiro atoms. The van der Waals surface area contributed by atoms with Crippen molar-refractivity contribution in [1.82, 2.24) is 20.2 Å². The van der Waals surface area contributed by atoms with E-state index in [0.717, 1.165) is 62.9 Å². The smallest absolute Gasteiger partial charge is 0.223 e. The van der Waals surface area contributed by atoms with Crippen LogP contribution >= 0.6 is 0 Å². The Bertz CT molecular complexity index is 504. The van der Waals surface area contributed by atoms with Gasteiger partial charge in [0.2, 0.25) is 5.95 Å². The van der Waals surface area contributed by atoms with E-state index in [2.05, 4.69) is 39.5 Å². The highest BCUT2D eigenvalue weighted by Gasteiger charge is 2.21. The van der Waals surface area contributed by atoms with Gasteiger partial charge < -0.3 is 20.3 Å². The Labute approximate surface area is 139 Å². The minimum absolute atomic E-state index is 0.474. The molecule has 3 heterocycles. The Morgan fingerprint density at radius 1 is 1.35 bits per heavy atom. The SMILES string of the molecule is CCc1nc(NC2CCNCC2)ncc1OCC1CCN(C)C1. The number of piperidine rings is 1. The van der Waals surface area contributed by atoms with Crippen LogP contribution in [0.3, 0.4) is 0 Å². The summed E-state index contributed by atoms with van der Waals surface area (Å²) in [5.41, 5.74) is 1.00. The second-order valence-corrected chi connectivity index (χ2v) is 6.75. The summed E-state index contributed by atoms with van der Waals surface area (Å²) in [5, 5.41) is 6.84. The molecular formula is C17H29N5O. The van der Waals surface area contributed by atoms with Gasteiger partial charge in [-0.2, -0.15) is 0 Å². The number of hydrogen-bond donors (Lipinski definition) is 2. The van der Waals surface area contributed by atoms with Gasteiger partial charge in [-0.3, -0.25) is 0 Å². The number of ether oxygens (including phenoxy) is 1. The van der Waals surface area contributed by atoms with Crippen molar-refractivity contribution in [1.29, 1.82) is 0 Å². The minimum Gasteiger partial charge on any atom is -0.490 e. The maximum absolute atomic E-state index is 6.02. The summed E-state index contributed by atoms with van der Waals surface area (Å²) in [6.45, 7) is 7.31. The van der Waals surface area contributed by atoms with E-state index in [1.807, 2.05) is 6.20 Å². The number of rotatable bonds is 6. The molecule has 3 rings (SSSR count). The lowest BCUT2D eigenvalue weighted by molar-refractivity contribution is 0.245. The zero-order valence-electron chi connectivity index (χ0n) is 14.3. The van der Waals surface area contributed by atoms with E-state index in [4.69, 9.17) is 4.74 Å². The van der Waals surface area contributed by atoms with Gasteiger partial charge in [0.25, 0.3) is 0 Å². The van der Waals surface area contributed by atoms with Crippen LogP contribution in [0.1, 0.15) is 31.9 Å². The summed E-state index contributed by atoms with van der Waals surface area (Å²) in [4.78, 5) is 11.5. The van der Waals surface area contributed by atoms with Gasteiger partial charge in [-0.25, -0.2) is 9.97 Å². The first-order valence-corrected chi connectivity index (χ1v) is 8.89. The van der Waals surface area contributed by atoms with Gasteiger partial charge in [-0.05, 0) is 52.4 Å². The summed E-state index contributed by atoms with van der Waals surface area (Å²) >= 11 is 0. The molecule has 0 aromatic carbocycles. The number of hydrogen-bond acceptors (Lipinski definition) is 6. The molecule has 2 N–H and O–H groups in total. The highest BCUT2D eigenvalue weighted by molar-refractivity contribution is 5.34. The number of aryl methyl sites for hydroxylation is 1. The largest absolute Gasteiger partial charge is 0.490 e. The molecule has 128 valence electrons.